The number of amides is 1. The summed E-state index contributed by atoms with van der Waals surface area (Å²) in [5.41, 5.74) is 0.0364. The number of ether oxygens (including phenoxy) is 1. The molecule has 0 bridgehead atoms. The van der Waals surface area contributed by atoms with Crippen molar-refractivity contribution in [3.8, 4) is 5.75 Å². The highest BCUT2D eigenvalue weighted by atomic mass is 35.5. The van der Waals surface area contributed by atoms with Gasteiger partial charge in [0.15, 0.2) is 5.72 Å². The number of hydrogen-bond donors (Lipinski definition) is 2. The van der Waals surface area contributed by atoms with Gasteiger partial charge in [-0.1, -0.05) is 48.0 Å². The molecular formula is C18H20ClNO3. The first kappa shape index (κ1) is 17.3. The molecule has 0 aliphatic carbocycles. The molecule has 2 unspecified atom stereocenters. The van der Waals surface area contributed by atoms with Crippen molar-refractivity contribution in [1.82, 2.24) is 5.32 Å². The standard InChI is InChI=1S/C18H20ClNO3/c1-12(14-7-5-4-6-8-14)23-17-10-9-15(11-16(17)19)18(3,22)20-13(2)21/h4-12,22H,1-3H3,(H,20,21). The number of hydrogen-bond acceptors (Lipinski definition) is 3. The Morgan fingerprint density at radius 3 is 2.48 bits per heavy atom. The lowest BCUT2D eigenvalue weighted by molar-refractivity contribution is -0.126. The maximum absolute atomic E-state index is 11.2. The third-order valence-electron chi connectivity index (χ3n) is 3.49. The van der Waals surface area contributed by atoms with Gasteiger partial charge in [-0.25, -0.2) is 0 Å². The molecule has 1 amide bonds. The number of carbonyl (C=O) groups is 1. The molecule has 0 saturated heterocycles. The van der Waals surface area contributed by atoms with Crippen LogP contribution in [0.1, 0.15) is 38.0 Å². The molecule has 2 atom stereocenters. The van der Waals surface area contributed by atoms with Crippen LogP contribution in [0.5, 0.6) is 5.75 Å². The van der Waals surface area contributed by atoms with E-state index in [2.05, 4.69) is 5.32 Å². The van der Waals surface area contributed by atoms with E-state index in [1.54, 1.807) is 18.2 Å². The molecule has 5 heteroatoms. The van der Waals surface area contributed by atoms with Crippen molar-refractivity contribution in [2.24, 2.45) is 0 Å². The smallest absolute Gasteiger partial charge is 0.219 e. The number of halogens is 1. The molecule has 23 heavy (non-hydrogen) atoms. The topological polar surface area (TPSA) is 58.6 Å². The van der Waals surface area contributed by atoms with E-state index >= 15 is 0 Å². The Bertz CT molecular complexity index is 686. The van der Waals surface area contributed by atoms with Gasteiger partial charge in [0.2, 0.25) is 5.91 Å². The van der Waals surface area contributed by atoms with Crippen LogP contribution in [-0.2, 0) is 10.5 Å². The van der Waals surface area contributed by atoms with E-state index in [4.69, 9.17) is 16.3 Å². The van der Waals surface area contributed by atoms with Crippen LogP contribution < -0.4 is 10.1 Å². The van der Waals surface area contributed by atoms with E-state index in [0.29, 0.717) is 16.3 Å². The van der Waals surface area contributed by atoms with Crippen molar-refractivity contribution in [2.45, 2.75) is 32.6 Å². The summed E-state index contributed by atoms with van der Waals surface area (Å²) in [6.45, 7) is 4.77. The molecular weight excluding hydrogens is 314 g/mol. The number of aliphatic hydroxyl groups is 1. The van der Waals surface area contributed by atoms with Crippen LogP contribution in [-0.4, -0.2) is 11.0 Å². The van der Waals surface area contributed by atoms with Crippen molar-refractivity contribution in [2.75, 3.05) is 0 Å². The number of nitrogens with one attached hydrogen (secondary N) is 1. The number of rotatable bonds is 5. The Morgan fingerprint density at radius 2 is 1.91 bits per heavy atom. The molecule has 0 saturated carbocycles. The summed E-state index contributed by atoms with van der Waals surface area (Å²) in [6, 6.07) is 14.8. The maximum atomic E-state index is 11.2. The summed E-state index contributed by atoms with van der Waals surface area (Å²) in [4.78, 5) is 11.2. The first-order valence-corrected chi connectivity index (χ1v) is 7.70. The van der Waals surface area contributed by atoms with Crippen LogP contribution >= 0.6 is 11.6 Å². The molecule has 2 aromatic rings. The van der Waals surface area contributed by atoms with Gasteiger partial charge in [0.1, 0.15) is 11.9 Å². The minimum atomic E-state index is -1.49. The molecule has 0 radical (unpaired) electrons. The van der Waals surface area contributed by atoms with Crippen LogP contribution in [0.15, 0.2) is 48.5 Å². The minimum absolute atomic E-state index is 0.157. The average molecular weight is 334 g/mol. The first-order chi connectivity index (χ1) is 10.8. The fraction of sp³-hybridized carbons (Fsp3) is 0.278. The third-order valence-corrected chi connectivity index (χ3v) is 3.78. The largest absolute Gasteiger partial charge is 0.484 e. The molecule has 0 spiro atoms. The second-order valence-corrected chi connectivity index (χ2v) is 5.98. The highest BCUT2D eigenvalue weighted by Crippen LogP contribution is 2.32. The lowest BCUT2D eigenvalue weighted by Gasteiger charge is -2.25. The molecule has 0 aliphatic rings. The van der Waals surface area contributed by atoms with E-state index < -0.39 is 5.72 Å². The Hall–Kier alpha value is -2.04. The normalized spacial score (nSPS) is 14.7. The van der Waals surface area contributed by atoms with E-state index in [-0.39, 0.29) is 12.0 Å². The zero-order valence-electron chi connectivity index (χ0n) is 13.3. The fourth-order valence-electron chi connectivity index (χ4n) is 2.30. The predicted molar refractivity (Wildman–Crippen MR) is 90.3 cm³/mol. The van der Waals surface area contributed by atoms with E-state index in [9.17, 15) is 9.90 Å². The van der Waals surface area contributed by atoms with E-state index in [1.807, 2.05) is 37.3 Å². The summed E-state index contributed by atoms with van der Waals surface area (Å²) in [6.07, 6.45) is -0.157. The summed E-state index contributed by atoms with van der Waals surface area (Å²) < 4.78 is 5.88. The second-order valence-electron chi connectivity index (χ2n) is 5.57. The second kappa shape index (κ2) is 7.02. The fourth-order valence-corrected chi connectivity index (χ4v) is 2.52. The molecule has 2 rings (SSSR count). The maximum Gasteiger partial charge on any atom is 0.219 e. The predicted octanol–water partition coefficient (Wildman–Crippen LogP) is 3.78. The molecule has 0 aliphatic heterocycles. The monoisotopic (exact) mass is 333 g/mol. The molecule has 2 N–H and O–H groups in total. The highest BCUT2D eigenvalue weighted by molar-refractivity contribution is 6.32. The molecule has 122 valence electrons. The van der Waals surface area contributed by atoms with Gasteiger partial charge in [-0.2, -0.15) is 0 Å². The molecule has 2 aromatic carbocycles. The number of benzene rings is 2. The van der Waals surface area contributed by atoms with Crippen LogP contribution in [0.25, 0.3) is 0 Å². The lowest BCUT2D eigenvalue weighted by Crippen LogP contribution is -2.42. The van der Waals surface area contributed by atoms with Crippen LogP contribution in [0.3, 0.4) is 0 Å². The summed E-state index contributed by atoms with van der Waals surface area (Å²) in [7, 11) is 0. The Morgan fingerprint density at radius 1 is 1.26 bits per heavy atom. The molecule has 0 fully saturated rings. The zero-order valence-corrected chi connectivity index (χ0v) is 14.1. The summed E-state index contributed by atoms with van der Waals surface area (Å²) in [5.74, 6) is 0.189. The van der Waals surface area contributed by atoms with Crippen molar-refractivity contribution in [3.63, 3.8) is 0 Å². The zero-order chi connectivity index (χ0) is 17.0. The quantitative estimate of drug-likeness (QED) is 0.819. The van der Waals surface area contributed by atoms with Gasteiger partial charge >= 0.3 is 0 Å². The van der Waals surface area contributed by atoms with Crippen molar-refractivity contribution in [1.29, 1.82) is 0 Å². The van der Waals surface area contributed by atoms with Crippen LogP contribution in [0.4, 0.5) is 0 Å². The lowest BCUT2D eigenvalue weighted by atomic mass is 10.0. The highest BCUT2D eigenvalue weighted by Gasteiger charge is 2.25. The van der Waals surface area contributed by atoms with Gasteiger partial charge in [0.05, 0.1) is 5.02 Å². The average Bonchev–Trinajstić information content (AvgIpc) is 2.48. The van der Waals surface area contributed by atoms with Crippen molar-refractivity contribution in [3.05, 3.63) is 64.7 Å². The summed E-state index contributed by atoms with van der Waals surface area (Å²) >= 11 is 6.25. The molecule has 0 aromatic heterocycles. The minimum Gasteiger partial charge on any atom is -0.484 e. The Balaban J connectivity index is 2.18. The SMILES string of the molecule is CC(=O)NC(C)(O)c1ccc(OC(C)c2ccccc2)c(Cl)c1. The van der Waals surface area contributed by atoms with E-state index in [0.717, 1.165) is 5.56 Å². The van der Waals surface area contributed by atoms with E-state index in [1.165, 1.54) is 13.8 Å². The van der Waals surface area contributed by atoms with Gasteiger partial charge in [-0.3, -0.25) is 4.79 Å². The molecule has 0 heterocycles. The van der Waals surface area contributed by atoms with Crippen molar-refractivity contribution < 1.29 is 14.6 Å². The Kier molecular flexibility index (Phi) is 5.29. The van der Waals surface area contributed by atoms with Gasteiger partial charge in [-0.15, -0.1) is 0 Å². The van der Waals surface area contributed by atoms with Crippen LogP contribution in [0.2, 0.25) is 5.02 Å². The Labute approximate surface area is 141 Å². The number of carbonyl (C=O) groups excluding carboxylic acids is 1. The van der Waals surface area contributed by atoms with Gasteiger partial charge in [0, 0.05) is 12.5 Å². The first-order valence-electron chi connectivity index (χ1n) is 7.32. The molecule has 4 nitrogen and oxygen atoms in total. The van der Waals surface area contributed by atoms with Crippen molar-refractivity contribution >= 4 is 17.5 Å². The third kappa shape index (κ3) is 4.47. The summed E-state index contributed by atoms with van der Waals surface area (Å²) in [5, 5.41) is 13.1. The van der Waals surface area contributed by atoms with Gasteiger partial charge < -0.3 is 15.2 Å². The van der Waals surface area contributed by atoms with Gasteiger partial charge in [0.25, 0.3) is 0 Å². The van der Waals surface area contributed by atoms with Gasteiger partial charge in [-0.05, 0) is 31.5 Å². The van der Waals surface area contributed by atoms with Crippen LogP contribution in [0, 0.1) is 0 Å².